The number of phenols is 1. The number of rotatable bonds is 5. The molecule has 1 fully saturated rings. The highest BCUT2D eigenvalue weighted by atomic mass is 32.2. The van der Waals surface area contributed by atoms with Crippen molar-refractivity contribution >= 4 is 46.3 Å². The smallest absolute Gasteiger partial charge is 0.266 e. The first kappa shape index (κ1) is 15.5. The Hall–Kier alpha value is -1.86. The summed E-state index contributed by atoms with van der Waals surface area (Å²) in [5.41, 5.74) is 0.699. The van der Waals surface area contributed by atoms with Gasteiger partial charge in [0.1, 0.15) is 10.1 Å². The SMILES string of the molecule is O=C([O-])CCCN1C(=O)/C(=C/c2cccc(O)c2)SC1=S. The second-order valence-corrected chi connectivity index (χ2v) is 6.08. The largest absolute Gasteiger partial charge is 0.550 e. The fraction of sp³-hybridized carbons (Fsp3) is 0.214. The van der Waals surface area contributed by atoms with Crippen molar-refractivity contribution in [2.75, 3.05) is 6.54 Å². The summed E-state index contributed by atoms with van der Waals surface area (Å²) in [6.45, 7) is 0.260. The topological polar surface area (TPSA) is 80.7 Å². The van der Waals surface area contributed by atoms with E-state index in [0.717, 1.165) is 0 Å². The van der Waals surface area contributed by atoms with E-state index in [1.165, 1.54) is 16.7 Å². The third-order valence-electron chi connectivity index (χ3n) is 2.80. The lowest BCUT2D eigenvalue weighted by molar-refractivity contribution is -0.305. The fourth-order valence-corrected chi connectivity index (χ4v) is 3.15. The lowest BCUT2D eigenvalue weighted by atomic mass is 10.2. The number of benzene rings is 1. The number of phenolic OH excluding ortho intramolecular Hbond substituents is 1. The van der Waals surface area contributed by atoms with Crippen molar-refractivity contribution < 1.29 is 19.8 Å². The summed E-state index contributed by atoms with van der Waals surface area (Å²) in [6, 6.07) is 6.54. The van der Waals surface area contributed by atoms with Crippen LogP contribution < -0.4 is 5.11 Å². The Morgan fingerprint density at radius 1 is 1.48 bits per heavy atom. The summed E-state index contributed by atoms with van der Waals surface area (Å²) in [4.78, 5) is 24.4. The number of nitrogens with zero attached hydrogens (tertiary/aromatic N) is 1. The number of carbonyl (C=O) groups excluding carboxylic acids is 2. The van der Waals surface area contributed by atoms with Crippen molar-refractivity contribution in [2.45, 2.75) is 12.8 Å². The second-order valence-electron chi connectivity index (χ2n) is 4.40. The molecule has 0 radical (unpaired) electrons. The van der Waals surface area contributed by atoms with Crippen molar-refractivity contribution in [3.8, 4) is 5.75 Å². The minimum absolute atomic E-state index is 0.108. The van der Waals surface area contributed by atoms with Gasteiger partial charge in [0.2, 0.25) is 0 Å². The van der Waals surface area contributed by atoms with E-state index in [1.54, 1.807) is 30.3 Å². The van der Waals surface area contributed by atoms with E-state index < -0.39 is 5.97 Å². The molecule has 1 amide bonds. The van der Waals surface area contributed by atoms with E-state index in [1.807, 2.05) is 0 Å². The van der Waals surface area contributed by atoms with Crippen LogP contribution in [-0.2, 0) is 9.59 Å². The first-order chi connectivity index (χ1) is 9.97. The number of carboxylic acids is 1. The van der Waals surface area contributed by atoms with Gasteiger partial charge >= 0.3 is 0 Å². The maximum atomic E-state index is 12.2. The van der Waals surface area contributed by atoms with Gasteiger partial charge in [0.05, 0.1) is 4.91 Å². The normalized spacial score (nSPS) is 16.8. The Labute approximate surface area is 131 Å². The molecule has 1 heterocycles. The summed E-state index contributed by atoms with van der Waals surface area (Å²) in [6.07, 6.45) is 1.84. The first-order valence-electron chi connectivity index (χ1n) is 6.21. The average Bonchev–Trinajstić information content (AvgIpc) is 2.66. The Morgan fingerprint density at radius 3 is 2.90 bits per heavy atom. The minimum atomic E-state index is -1.14. The van der Waals surface area contributed by atoms with Crippen molar-refractivity contribution in [1.82, 2.24) is 4.90 Å². The lowest BCUT2D eigenvalue weighted by Crippen LogP contribution is -2.30. The van der Waals surface area contributed by atoms with Gasteiger partial charge in [-0.15, -0.1) is 0 Å². The van der Waals surface area contributed by atoms with Crippen LogP contribution in [0.1, 0.15) is 18.4 Å². The van der Waals surface area contributed by atoms with Gasteiger partial charge in [0.25, 0.3) is 5.91 Å². The van der Waals surface area contributed by atoms with Gasteiger partial charge in [0.15, 0.2) is 0 Å². The van der Waals surface area contributed by atoms with Crippen LogP contribution in [0.5, 0.6) is 5.75 Å². The quantitative estimate of drug-likeness (QED) is 0.646. The van der Waals surface area contributed by atoms with Crippen LogP contribution in [0.15, 0.2) is 29.2 Å². The molecule has 1 aromatic rings. The van der Waals surface area contributed by atoms with Crippen LogP contribution in [0.3, 0.4) is 0 Å². The van der Waals surface area contributed by atoms with Crippen molar-refractivity contribution in [3.63, 3.8) is 0 Å². The second kappa shape index (κ2) is 6.73. The highest BCUT2D eigenvalue weighted by Gasteiger charge is 2.31. The number of amides is 1. The van der Waals surface area contributed by atoms with Crippen molar-refractivity contribution in [2.24, 2.45) is 0 Å². The molecule has 2 rings (SSSR count). The minimum Gasteiger partial charge on any atom is -0.550 e. The van der Waals surface area contributed by atoms with Gasteiger partial charge in [-0.25, -0.2) is 0 Å². The summed E-state index contributed by atoms with van der Waals surface area (Å²) in [5, 5.41) is 19.8. The zero-order valence-electron chi connectivity index (χ0n) is 10.9. The molecule has 1 aromatic carbocycles. The molecular formula is C14H12NO4S2-. The van der Waals surface area contributed by atoms with Crippen LogP contribution in [-0.4, -0.2) is 32.7 Å². The average molecular weight is 322 g/mol. The van der Waals surface area contributed by atoms with E-state index >= 15 is 0 Å². The van der Waals surface area contributed by atoms with E-state index in [0.29, 0.717) is 21.2 Å². The van der Waals surface area contributed by atoms with Gasteiger partial charge in [-0.1, -0.05) is 36.1 Å². The zero-order valence-corrected chi connectivity index (χ0v) is 12.6. The van der Waals surface area contributed by atoms with Crippen LogP contribution >= 0.6 is 24.0 Å². The van der Waals surface area contributed by atoms with Gasteiger partial charge in [-0.3, -0.25) is 9.69 Å². The molecule has 0 atom stereocenters. The maximum absolute atomic E-state index is 12.2. The number of thioether (sulfide) groups is 1. The summed E-state index contributed by atoms with van der Waals surface area (Å²) < 4.78 is 0.407. The Balaban J connectivity index is 2.08. The highest BCUT2D eigenvalue weighted by Crippen LogP contribution is 2.33. The van der Waals surface area contributed by atoms with E-state index in [9.17, 15) is 19.8 Å². The predicted molar refractivity (Wildman–Crippen MR) is 82.2 cm³/mol. The molecule has 0 unspecified atom stereocenters. The number of carbonyl (C=O) groups is 2. The molecule has 5 nitrogen and oxygen atoms in total. The molecule has 1 N–H and O–H groups in total. The fourth-order valence-electron chi connectivity index (χ4n) is 1.84. The number of aliphatic carboxylic acids is 1. The van der Waals surface area contributed by atoms with E-state index in [4.69, 9.17) is 12.2 Å². The molecular weight excluding hydrogens is 310 g/mol. The monoisotopic (exact) mass is 322 g/mol. The lowest BCUT2D eigenvalue weighted by Gasteiger charge is -2.14. The number of hydrogen-bond donors (Lipinski definition) is 1. The predicted octanol–water partition coefficient (Wildman–Crippen LogP) is 1.12. The van der Waals surface area contributed by atoms with Gasteiger partial charge < -0.3 is 15.0 Å². The third-order valence-corrected chi connectivity index (χ3v) is 4.18. The molecule has 0 aromatic heterocycles. The number of aromatic hydroxyl groups is 1. The third kappa shape index (κ3) is 4.05. The van der Waals surface area contributed by atoms with Crippen molar-refractivity contribution in [1.29, 1.82) is 0 Å². The molecule has 110 valence electrons. The molecule has 1 saturated heterocycles. The van der Waals surface area contributed by atoms with Crippen LogP contribution in [0.25, 0.3) is 6.08 Å². The van der Waals surface area contributed by atoms with E-state index in [-0.39, 0.29) is 24.6 Å². The number of hydrogen-bond acceptors (Lipinski definition) is 6. The van der Waals surface area contributed by atoms with Crippen LogP contribution in [0.2, 0.25) is 0 Å². The molecule has 1 aliphatic rings. The molecule has 0 bridgehead atoms. The molecule has 21 heavy (non-hydrogen) atoms. The zero-order chi connectivity index (χ0) is 15.4. The standard InChI is InChI=1S/C14H13NO4S2/c16-10-4-1-3-9(7-10)8-11-13(19)15(14(20)21-11)6-2-5-12(17)18/h1,3-4,7-8,16H,2,5-6H2,(H,17,18)/p-1/b11-8-. The molecule has 0 aliphatic carbocycles. The Bertz CT molecular complexity index is 627. The van der Waals surface area contributed by atoms with E-state index in [2.05, 4.69) is 0 Å². The van der Waals surface area contributed by atoms with Gasteiger partial charge in [0, 0.05) is 12.5 Å². The summed E-state index contributed by atoms with van der Waals surface area (Å²) in [7, 11) is 0. The number of carboxylic acid groups (broad SMARTS) is 1. The number of thiocarbonyl (C=S) groups is 1. The molecule has 0 saturated carbocycles. The first-order valence-corrected chi connectivity index (χ1v) is 7.44. The van der Waals surface area contributed by atoms with Crippen LogP contribution in [0.4, 0.5) is 0 Å². The van der Waals surface area contributed by atoms with Gasteiger partial charge in [-0.05, 0) is 36.6 Å². The highest BCUT2D eigenvalue weighted by molar-refractivity contribution is 8.26. The Kier molecular flexibility index (Phi) is 4.98. The molecule has 7 heteroatoms. The summed E-state index contributed by atoms with van der Waals surface area (Å²) >= 11 is 6.30. The molecule has 1 aliphatic heterocycles. The Morgan fingerprint density at radius 2 is 2.24 bits per heavy atom. The molecule has 0 spiro atoms. The van der Waals surface area contributed by atoms with Crippen molar-refractivity contribution in [3.05, 3.63) is 34.7 Å². The van der Waals surface area contributed by atoms with Gasteiger partial charge in [-0.2, -0.15) is 0 Å². The summed E-state index contributed by atoms with van der Waals surface area (Å²) in [5.74, 6) is -1.27. The van der Waals surface area contributed by atoms with Crippen LogP contribution in [0, 0.1) is 0 Å². The maximum Gasteiger partial charge on any atom is 0.266 e.